The second-order valence-electron chi connectivity index (χ2n) is 4.25. The Morgan fingerprint density at radius 3 is 2.63 bits per heavy atom. The minimum absolute atomic E-state index is 0.0184. The molecule has 0 N–H and O–H groups in total. The molecule has 1 heterocycles. The second-order valence-corrected chi connectivity index (χ2v) is 5.58. The molecule has 0 aliphatic rings. The van der Waals surface area contributed by atoms with Crippen molar-refractivity contribution in [1.29, 1.82) is 0 Å². The summed E-state index contributed by atoms with van der Waals surface area (Å²) >= 11 is 1.78. The first-order valence-corrected chi connectivity index (χ1v) is 7.17. The van der Waals surface area contributed by atoms with Gasteiger partial charge in [0.05, 0.1) is 5.92 Å². The number of aromatic nitrogens is 2. The van der Waals surface area contributed by atoms with E-state index >= 15 is 0 Å². The monoisotopic (exact) mass is 276 g/mol. The van der Waals surface area contributed by atoms with Gasteiger partial charge in [0, 0.05) is 10.5 Å². The van der Waals surface area contributed by atoms with Crippen molar-refractivity contribution in [3.05, 3.63) is 30.2 Å². The van der Waals surface area contributed by atoms with Gasteiger partial charge in [-0.15, -0.1) is 11.8 Å². The number of rotatable bonds is 5. The van der Waals surface area contributed by atoms with Gasteiger partial charge in [0.2, 0.25) is 11.7 Å². The Bertz CT molecular complexity index is 563. The molecule has 100 valence electrons. The van der Waals surface area contributed by atoms with Crippen LogP contribution < -0.4 is 0 Å². The van der Waals surface area contributed by atoms with E-state index in [1.165, 1.54) is 11.8 Å². The minimum atomic E-state index is -0.351. The number of nitrogens with zero attached hydrogens (tertiary/aromatic N) is 2. The molecule has 0 amide bonds. The number of carbonyl (C=O) groups excluding carboxylic acids is 1. The lowest BCUT2D eigenvalue weighted by atomic mass is 10.1. The predicted octanol–water partition coefficient (Wildman–Crippen LogP) is 3.54. The van der Waals surface area contributed by atoms with Crippen LogP contribution in [0.15, 0.2) is 33.7 Å². The molecule has 0 aliphatic carbocycles. The van der Waals surface area contributed by atoms with Crippen LogP contribution in [-0.4, -0.2) is 21.7 Å². The molecule has 19 heavy (non-hydrogen) atoms. The van der Waals surface area contributed by atoms with Crippen LogP contribution in [0.5, 0.6) is 0 Å². The van der Waals surface area contributed by atoms with E-state index in [1.807, 2.05) is 24.3 Å². The van der Waals surface area contributed by atoms with Gasteiger partial charge >= 0.3 is 0 Å². The van der Waals surface area contributed by atoms with Crippen LogP contribution in [0.2, 0.25) is 0 Å². The fraction of sp³-hybridized carbons (Fsp3) is 0.357. The first-order chi connectivity index (χ1) is 9.11. The van der Waals surface area contributed by atoms with Gasteiger partial charge in [-0.1, -0.05) is 12.1 Å². The summed E-state index contributed by atoms with van der Waals surface area (Å²) in [4.78, 5) is 16.8. The average molecular weight is 276 g/mol. The van der Waals surface area contributed by atoms with Gasteiger partial charge in [-0.05, 0) is 43.9 Å². The second kappa shape index (κ2) is 6.02. The number of benzene rings is 1. The summed E-state index contributed by atoms with van der Waals surface area (Å²) in [6, 6.07) is 8.00. The van der Waals surface area contributed by atoms with Crippen LogP contribution >= 0.6 is 11.8 Å². The maximum absolute atomic E-state index is 11.3. The highest BCUT2D eigenvalue weighted by molar-refractivity contribution is 7.99. The highest BCUT2D eigenvalue weighted by Gasteiger charge is 2.18. The highest BCUT2D eigenvalue weighted by Crippen LogP contribution is 2.23. The first kappa shape index (κ1) is 13.8. The van der Waals surface area contributed by atoms with E-state index in [-0.39, 0.29) is 11.7 Å². The third-order valence-electron chi connectivity index (χ3n) is 2.85. The molecule has 0 bridgehead atoms. The van der Waals surface area contributed by atoms with E-state index in [0.29, 0.717) is 11.7 Å². The molecular formula is C14H16N2O2S. The van der Waals surface area contributed by atoms with E-state index in [4.69, 9.17) is 4.52 Å². The molecule has 0 fully saturated rings. The van der Waals surface area contributed by atoms with Gasteiger partial charge < -0.3 is 4.52 Å². The van der Waals surface area contributed by atoms with Crippen molar-refractivity contribution in [3.63, 3.8) is 0 Å². The molecule has 1 atom stereocenters. The third-order valence-corrected chi connectivity index (χ3v) is 3.74. The molecule has 0 saturated carbocycles. The SMILES string of the molecule is CCSc1ccc(-c2noc(C(C)C(C)=O)n2)cc1. The molecule has 0 aliphatic heterocycles. The smallest absolute Gasteiger partial charge is 0.237 e. The standard InChI is InChI=1S/C14H16N2O2S/c1-4-19-12-7-5-11(6-8-12)13-15-14(18-16-13)9(2)10(3)17/h5-9H,4H2,1-3H3. The molecule has 0 saturated heterocycles. The molecule has 4 nitrogen and oxygen atoms in total. The number of hydrogen-bond acceptors (Lipinski definition) is 5. The zero-order valence-corrected chi connectivity index (χ0v) is 12.0. The Kier molecular flexibility index (Phi) is 4.37. The van der Waals surface area contributed by atoms with Crippen LogP contribution in [0.1, 0.15) is 32.6 Å². The molecule has 1 aromatic carbocycles. The summed E-state index contributed by atoms with van der Waals surface area (Å²) in [5.41, 5.74) is 0.895. The van der Waals surface area contributed by atoms with E-state index in [9.17, 15) is 4.79 Å². The number of Topliss-reactive ketones (excluding diaryl/α,β-unsaturated/α-hetero) is 1. The van der Waals surface area contributed by atoms with Gasteiger partial charge in [0.15, 0.2) is 0 Å². The third kappa shape index (κ3) is 3.23. The van der Waals surface area contributed by atoms with E-state index in [1.54, 1.807) is 18.7 Å². The van der Waals surface area contributed by atoms with Gasteiger partial charge in [0.25, 0.3) is 0 Å². The van der Waals surface area contributed by atoms with Crippen LogP contribution in [0.25, 0.3) is 11.4 Å². The fourth-order valence-electron chi connectivity index (χ4n) is 1.57. The average Bonchev–Trinajstić information content (AvgIpc) is 2.88. The number of thioether (sulfide) groups is 1. The fourth-order valence-corrected chi connectivity index (χ4v) is 2.23. The van der Waals surface area contributed by atoms with Crippen molar-refractivity contribution >= 4 is 17.5 Å². The molecule has 1 aromatic heterocycles. The van der Waals surface area contributed by atoms with Crippen molar-refractivity contribution in [2.24, 2.45) is 0 Å². The summed E-state index contributed by atoms with van der Waals surface area (Å²) < 4.78 is 5.13. The van der Waals surface area contributed by atoms with Crippen molar-refractivity contribution in [3.8, 4) is 11.4 Å². The normalized spacial score (nSPS) is 12.4. The zero-order valence-electron chi connectivity index (χ0n) is 11.2. The quantitative estimate of drug-likeness (QED) is 0.782. The minimum Gasteiger partial charge on any atom is -0.338 e. The Morgan fingerprint density at radius 1 is 1.37 bits per heavy atom. The number of carbonyl (C=O) groups is 1. The van der Waals surface area contributed by atoms with Gasteiger partial charge in [0.1, 0.15) is 5.78 Å². The Balaban J connectivity index is 2.20. The van der Waals surface area contributed by atoms with E-state index < -0.39 is 0 Å². The van der Waals surface area contributed by atoms with Crippen LogP contribution in [-0.2, 0) is 4.79 Å². The van der Waals surface area contributed by atoms with Crippen LogP contribution in [0, 0.1) is 0 Å². The van der Waals surface area contributed by atoms with Gasteiger partial charge in [-0.25, -0.2) is 0 Å². The first-order valence-electron chi connectivity index (χ1n) is 6.19. The lowest BCUT2D eigenvalue weighted by molar-refractivity contribution is -0.118. The highest BCUT2D eigenvalue weighted by atomic mass is 32.2. The largest absolute Gasteiger partial charge is 0.338 e. The lowest BCUT2D eigenvalue weighted by Gasteiger charge is -1.99. The molecule has 1 unspecified atom stereocenters. The van der Waals surface area contributed by atoms with E-state index in [2.05, 4.69) is 17.1 Å². The van der Waals surface area contributed by atoms with Gasteiger partial charge in [-0.3, -0.25) is 4.79 Å². The number of ketones is 1. The topological polar surface area (TPSA) is 56.0 Å². The van der Waals surface area contributed by atoms with Crippen molar-refractivity contribution in [2.45, 2.75) is 31.6 Å². The number of hydrogen-bond donors (Lipinski definition) is 0. The van der Waals surface area contributed by atoms with Crippen LogP contribution in [0.3, 0.4) is 0 Å². The Hall–Kier alpha value is -1.62. The summed E-state index contributed by atoms with van der Waals surface area (Å²) in [7, 11) is 0. The van der Waals surface area contributed by atoms with Crippen molar-refractivity contribution in [2.75, 3.05) is 5.75 Å². The molecular weight excluding hydrogens is 260 g/mol. The summed E-state index contributed by atoms with van der Waals surface area (Å²) in [5, 5.41) is 3.92. The Labute approximate surface area is 116 Å². The summed E-state index contributed by atoms with van der Waals surface area (Å²) in [6.07, 6.45) is 0. The van der Waals surface area contributed by atoms with Crippen molar-refractivity contribution < 1.29 is 9.32 Å². The Morgan fingerprint density at radius 2 is 2.05 bits per heavy atom. The maximum Gasteiger partial charge on any atom is 0.237 e. The molecule has 0 spiro atoms. The van der Waals surface area contributed by atoms with E-state index in [0.717, 1.165) is 11.3 Å². The zero-order chi connectivity index (χ0) is 13.8. The van der Waals surface area contributed by atoms with Crippen LogP contribution in [0.4, 0.5) is 0 Å². The predicted molar refractivity (Wildman–Crippen MR) is 75.2 cm³/mol. The lowest BCUT2D eigenvalue weighted by Crippen LogP contribution is -2.04. The molecule has 2 rings (SSSR count). The summed E-state index contributed by atoms with van der Waals surface area (Å²) in [5.74, 6) is 1.61. The summed E-state index contributed by atoms with van der Waals surface area (Å²) in [6.45, 7) is 5.40. The molecule has 5 heteroatoms. The molecule has 2 aromatic rings. The maximum atomic E-state index is 11.3. The van der Waals surface area contributed by atoms with Crippen molar-refractivity contribution in [1.82, 2.24) is 10.1 Å². The molecule has 0 radical (unpaired) electrons. The van der Waals surface area contributed by atoms with Gasteiger partial charge in [-0.2, -0.15) is 4.98 Å².